The highest BCUT2D eigenvalue weighted by Gasteiger charge is 2.34. The van der Waals surface area contributed by atoms with Crippen molar-refractivity contribution < 1.29 is 14.3 Å². The van der Waals surface area contributed by atoms with Gasteiger partial charge >= 0.3 is 6.03 Å². The molecule has 1 atom stereocenters. The molecule has 1 aliphatic heterocycles. The molecule has 3 rings (SSSR count). The van der Waals surface area contributed by atoms with Gasteiger partial charge in [0.1, 0.15) is 11.8 Å². The van der Waals surface area contributed by atoms with E-state index in [1.54, 1.807) is 36.3 Å². The number of amides is 3. The van der Waals surface area contributed by atoms with E-state index in [0.717, 1.165) is 12.0 Å². The van der Waals surface area contributed by atoms with E-state index in [-0.39, 0.29) is 11.9 Å². The molecule has 2 aromatic carbocycles. The average molecular weight is 388 g/mol. The average Bonchev–Trinajstić information content (AvgIpc) is 3.15. The Morgan fingerprint density at radius 3 is 2.70 bits per heavy atom. The number of hydrogen-bond donors (Lipinski definition) is 2. The lowest BCUT2D eigenvalue weighted by Crippen LogP contribution is -2.45. The van der Waals surface area contributed by atoms with Crippen LogP contribution in [-0.4, -0.2) is 36.5 Å². The van der Waals surface area contributed by atoms with E-state index in [9.17, 15) is 9.59 Å². The molecule has 0 aliphatic carbocycles. The fraction of sp³-hybridized carbons (Fsp3) is 0.300. The van der Waals surface area contributed by atoms with Crippen molar-refractivity contribution in [2.75, 3.05) is 24.3 Å². The minimum Gasteiger partial charge on any atom is -0.495 e. The van der Waals surface area contributed by atoms with Crippen molar-refractivity contribution in [1.29, 1.82) is 0 Å². The van der Waals surface area contributed by atoms with Crippen LogP contribution in [0, 0.1) is 6.92 Å². The molecule has 1 fully saturated rings. The monoisotopic (exact) mass is 387 g/mol. The molecule has 2 N–H and O–H groups in total. The van der Waals surface area contributed by atoms with Gasteiger partial charge in [0.2, 0.25) is 5.91 Å². The summed E-state index contributed by atoms with van der Waals surface area (Å²) < 4.78 is 5.26. The third kappa shape index (κ3) is 4.34. The first kappa shape index (κ1) is 19.0. The van der Waals surface area contributed by atoms with Gasteiger partial charge in [-0.05, 0) is 49.6 Å². The highest BCUT2D eigenvalue weighted by Crippen LogP contribution is 2.26. The highest BCUT2D eigenvalue weighted by molar-refractivity contribution is 6.31. The van der Waals surface area contributed by atoms with Crippen molar-refractivity contribution in [2.24, 2.45) is 0 Å². The zero-order chi connectivity index (χ0) is 19.4. The van der Waals surface area contributed by atoms with Crippen LogP contribution in [0.15, 0.2) is 42.5 Å². The van der Waals surface area contributed by atoms with Gasteiger partial charge < -0.3 is 20.3 Å². The summed E-state index contributed by atoms with van der Waals surface area (Å²) in [5.74, 6) is 0.350. The lowest BCUT2D eigenvalue weighted by molar-refractivity contribution is -0.119. The largest absolute Gasteiger partial charge is 0.495 e. The Labute approximate surface area is 163 Å². The van der Waals surface area contributed by atoms with Gasteiger partial charge in [-0.25, -0.2) is 4.79 Å². The number of ether oxygens (including phenoxy) is 1. The molecule has 0 bridgehead atoms. The molecule has 1 saturated heterocycles. The maximum Gasteiger partial charge on any atom is 0.322 e. The van der Waals surface area contributed by atoms with E-state index in [4.69, 9.17) is 16.3 Å². The van der Waals surface area contributed by atoms with Crippen LogP contribution in [-0.2, 0) is 4.79 Å². The first-order chi connectivity index (χ1) is 13.0. The fourth-order valence-corrected chi connectivity index (χ4v) is 3.29. The number of hydrogen-bond acceptors (Lipinski definition) is 3. The number of nitrogens with one attached hydrogen (secondary N) is 2. The highest BCUT2D eigenvalue weighted by atomic mass is 35.5. The molecule has 142 valence electrons. The molecule has 0 spiro atoms. The fourth-order valence-electron chi connectivity index (χ4n) is 3.11. The van der Waals surface area contributed by atoms with Gasteiger partial charge in [0, 0.05) is 17.3 Å². The maximum atomic E-state index is 12.7. The zero-order valence-corrected chi connectivity index (χ0v) is 16.0. The van der Waals surface area contributed by atoms with Gasteiger partial charge in [0.25, 0.3) is 0 Å². The summed E-state index contributed by atoms with van der Waals surface area (Å²) in [5, 5.41) is 6.27. The number of halogens is 1. The lowest BCUT2D eigenvalue weighted by atomic mass is 10.2. The number of aryl methyl sites for hydroxylation is 1. The van der Waals surface area contributed by atoms with Crippen LogP contribution in [0.3, 0.4) is 0 Å². The normalized spacial score (nSPS) is 16.1. The SMILES string of the molecule is COc1ccccc1NC(=O)N1CCCC1C(=O)Nc1ccc(C)c(Cl)c1. The van der Waals surface area contributed by atoms with Crippen molar-refractivity contribution in [3.05, 3.63) is 53.1 Å². The second-order valence-corrected chi connectivity index (χ2v) is 6.84. The molecule has 1 unspecified atom stereocenters. The first-order valence-corrected chi connectivity index (χ1v) is 9.15. The number of rotatable bonds is 4. The quantitative estimate of drug-likeness (QED) is 0.822. The van der Waals surface area contributed by atoms with Crippen molar-refractivity contribution in [2.45, 2.75) is 25.8 Å². The summed E-state index contributed by atoms with van der Waals surface area (Å²) in [6, 6.07) is 11.7. The number of anilines is 2. The minimum atomic E-state index is -0.528. The minimum absolute atomic E-state index is 0.220. The summed E-state index contributed by atoms with van der Waals surface area (Å²) in [7, 11) is 1.55. The number of likely N-dealkylation sites (tertiary alicyclic amines) is 1. The van der Waals surface area contributed by atoms with Crippen molar-refractivity contribution in [1.82, 2.24) is 4.90 Å². The summed E-state index contributed by atoms with van der Waals surface area (Å²) in [6.07, 6.45) is 1.39. The van der Waals surface area contributed by atoms with Crippen LogP contribution >= 0.6 is 11.6 Å². The van der Waals surface area contributed by atoms with Crippen LogP contribution in [0.25, 0.3) is 0 Å². The standard InChI is InChI=1S/C20H22ClN3O3/c1-13-9-10-14(12-15(13)21)22-19(25)17-7-5-11-24(17)20(26)23-16-6-3-4-8-18(16)27-2/h3-4,6,8-10,12,17H,5,7,11H2,1-2H3,(H,22,25)(H,23,26). The Balaban J connectivity index is 1.69. The number of nitrogens with zero attached hydrogens (tertiary/aromatic N) is 1. The van der Waals surface area contributed by atoms with Gasteiger partial charge in [-0.15, -0.1) is 0 Å². The van der Waals surface area contributed by atoms with E-state index in [1.807, 2.05) is 25.1 Å². The summed E-state index contributed by atoms with van der Waals surface area (Å²) in [6.45, 7) is 2.42. The molecule has 7 heteroatoms. The molecule has 1 heterocycles. The molecule has 0 radical (unpaired) electrons. The number of para-hydroxylation sites is 2. The number of carbonyl (C=O) groups excluding carboxylic acids is 2. The van der Waals surface area contributed by atoms with E-state index in [0.29, 0.717) is 35.1 Å². The topological polar surface area (TPSA) is 70.7 Å². The molecule has 2 aromatic rings. The van der Waals surface area contributed by atoms with Crippen molar-refractivity contribution >= 4 is 34.9 Å². The second kappa shape index (κ2) is 8.31. The number of methoxy groups -OCH3 is 1. The van der Waals surface area contributed by atoms with E-state index in [2.05, 4.69) is 10.6 Å². The van der Waals surface area contributed by atoms with Crippen LogP contribution in [0.1, 0.15) is 18.4 Å². The molecule has 27 heavy (non-hydrogen) atoms. The zero-order valence-electron chi connectivity index (χ0n) is 15.3. The van der Waals surface area contributed by atoms with Crippen molar-refractivity contribution in [3.8, 4) is 5.75 Å². The smallest absolute Gasteiger partial charge is 0.322 e. The Hall–Kier alpha value is -2.73. The lowest BCUT2D eigenvalue weighted by Gasteiger charge is -2.24. The Kier molecular flexibility index (Phi) is 5.86. The van der Waals surface area contributed by atoms with Crippen molar-refractivity contribution in [3.63, 3.8) is 0 Å². The van der Waals surface area contributed by atoms with Gasteiger partial charge in [0.15, 0.2) is 0 Å². The van der Waals surface area contributed by atoms with Crippen LogP contribution in [0.2, 0.25) is 5.02 Å². The predicted octanol–water partition coefficient (Wildman–Crippen LogP) is 4.29. The summed E-state index contributed by atoms with van der Waals surface area (Å²) >= 11 is 6.12. The van der Waals surface area contributed by atoms with Crippen LogP contribution < -0.4 is 15.4 Å². The number of benzene rings is 2. The molecule has 0 aromatic heterocycles. The molecule has 3 amide bonds. The third-order valence-corrected chi connectivity index (χ3v) is 5.01. The molecular formula is C20H22ClN3O3. The maximum absolute atomic E-state index is 12.7. The molecule has 0 saturated carbocycles. The molecule has 6 nitrogen and oxygen atoms in total. The van der Waals surface area contributed by atoms with Gasteiger partial charge in [0.05, 0.1) is 12.8 Å². The first-order valence-electron chi connectivity index (χ1n) is 8.77. The Morgan fingerprint density at radius 1 is 1.19 bits per heavy atom. The number of urea groups is 1. The second-order valence-electron chi connectivity index (χ2n) is 6.44. The van der Waals surface area contributed by atoms with E-state index >= 15 is 0 Å². The van der Waals surface area contributed by atoms with Gasteiger partial charge in [-0.3, -0.25) is 4.79 Å². The van der Waals surface area contributed by atoms with E-state index in [1.165, 1.54) is 0 Å². The Morgan fingerprint density at radius 2 is 1.96 bits per heavy atom. The predicted molar refractivity (Wildman–Crippen MR) is 107 cm³/mol. The third-order valence-electron chi connectivity index (χ3n) is 4.60. The van der Waals surface area contributed by atoms with Crippen LogP contribution in [0.5, 0.6) is 5.75 Å². The van der Waals surface area contributed by atoms with Gasteiger partial charge in [-0.1, -0.05) is 29.8 Å². The Bertz CT molecular complexity index is 856. The van der Waals surface area contributed by atoms with E-state index < -0.39 is 6.04 Å². The van der Waals surface area contributed by atoms with Gasteiger partial charge in [-0.2, -0.15) is 0 Å². The van der Waals surface area contributed by atoms with Crippen LogP contribution in [0.4, 0.5) is 16.2 Å². The summed E-state index contributed by atoms with van der Waals surface area (Å²) in [5.41, 5.74) is 2.13. The molecule has 1 aliphatic rings. The molecular weight excluding hydrogens is 366 g/mol. The number of carbonyl (C=O) groups is 2. The summed E-state index contributed by atoms with van der Waals surface area (Å²) in [4.78, 5) is 27.0.